The molecule has 0 aromatic carbocycles. The minimum atomic E-state index is -4.55. The summed E-state index contributed by atoms with van der Waals surface area (Å²) in [6.45, 7) is 1.36. The standard InChI is InChI=1S/C9H9ClF3N3/c1-4-15-6(9(11,12)13)5(7(10)16-4)8(14)2-3-8/h2-3,14H2,1H3. The maximum Gasteiger partial charge on any atom is 0.433 e. The van der Waals surface area contributed by atoms with Crippen molar-refractivity contribution in [3.8, 4) is 0 Å². The monoisotopic (exact) mass is 251 g/mol. The molecule has 1 heterocycles. The fraction of sp³-hybridized carbons (Fsp3) is 0.556. The second kappa shape index (κ2) is 3.30. The highest BCUT2D eigenvalue weighted by atomic mass is 35.5. The molecule has 1 aromatic rings. The number of nitrogens with two attached hydrogens (primary N) is 1. The van der Waals surface area contributed by atoms with Crippen molar-refractivity contribution in [1.82, 2.24) is 9.97 Å². The molecule has 16 heavy (non-hydrogen) atoms. The van der Waals surface area contributed by atoms with Gasteiger partial charge in [-0.1, -0.05) is 11.6 Å². The van der Waals surface area contributed by atoms with Crippen LogP contribution in [0.5, 0.6) is 0 Å². The Bertz CT molecular complexity index is 440. The Morgan fingerprint density at radius 2 is 1.88 bits per heavy atom. The second-order valence-corrected chi connectivity index (χ2v) is 4.30. The fourth-order valence-electron chi connectivity index (χ4n) is 1.57. The van der Waals surface area contributed by atoms with Crippen molar-refractivity contribution in [1.29, 1.82) is 0 Å². The van der Waals surface area contributed by atoms with Crippen LogP contribution in [0.25, 0.3) is 0 Å². The lowest BCUT2D eigenvalue weighted by Crippen LogP contribution is -2.26. The number of rotatable bonds is 1. The summed E-state index contributed by atoms with van der Waals surface area (Å²) >= 11 is 5.73. The SMILES string of the molecule is Cc1nc(Cl)c(C2(N)CC2)c(C(F)(F)F)n1. The molecule has 0 radical (unpaired) electrons. The van der Waals surface area contributed by atoms with Gasteiger partial charge in [-0.25, -0.2) is 9.97 Å². The normalized spacial score (nSPS) is 18.6. The van der Waals surface area contributed by atoms with Gasteiger partial charge in [0.1, 0.15) is 11.0 Å². The van der Waals surface area contributed by atoms with Crippen LogP contribution in [0.3, 0.4) is 0 Å². The largest absolute Gasteiger partial charge is 0.433 e. The summed E-state index contributed by atoms with van der Waals surface area (Å²) in [4.78, 5) is 7.14. The molecule has 0 bridgehead atoms. The van der Waals surface area contributed by atoms with Gasteiger partial charge in [0.15, 0.2) is 5.69 Å². The quantitative estimate of drug-likeness (QED) is 0.780. The molecule has 1 aromatic heterocycles. The zero-order chi connectivity index (χ0) is 12.1. The summed E-state index contributed by atoms with van der Waals surface area (Å²) in [6.07, 6.45) is -3.61. The van der Waals surface area contributed by atoms with Crippen LogP contribution in [-0.2, 0) is 11.7 Å². The lowest BCUT2D eigenvalue weighted by Gasteiger charge is -2.17. The molecule has 3 nitrogen and oxygen atoms in total. The van der Waals surface area contributed by atoms with Gasteiger partial charge >= 0.3 is 6.18 Å². The van der Waals surface area contributed by atoms with Crippen LogP contribution < -0.4 is 5.73 Å². The zero-order valence-corrected chi connectivity index (χ0v) is 9.15. The smallest absolute Gasteiger partial charge is 0.321 e. The van der Waals surface area contributed by atoms with E-state index in [0.717, 1.165) is 0 Å². The van der Waals surface area contributed by atoms with Crippen molar-refractivity contribution in [3.05, 3.63) is 22.2 Å². The average Bonchev–Trinajstić information content (AvgIpc) is 2.81. The Balaban J connectivity index is 2.66. The lowest BCUT2D eigenvalue weighted by atomic mass is 10.1. The first-order valence-corrected chi connectivity index (χ1v) is 5.02. The molecule has 0 spiro atoms. The summed E-state index contributed by atoms with van der Waals surface area (Å²) in [7, 11) is 0. The van der Waals surface area contributed by atoms with E-state index >= 15 is 0 Å². The lowest BCUT2D eigenvalue weighted by molar-refractivity contribution is -0.142. The van der Waals surface area contributed by atoms with Gasteiger partial charge in [-0.05, 0) is 19.8 Å². The van der Waals surface area contributed by atoms with Crippen LogP contribution >= 0.6 is 11.6 Å². The first kappa shape index (κ1) is 11.6. The van der Waals surface area contributed by atoms with Crippen molar-refractivity contribution in [3.63, 3.8) is 0 Å². The molecule has 0 aliphatic heterocycles. The van der Waals surface area contributed by atoms with Gasteiger partial charge in [-0.3, -0.25) is 0 Å². The maximum atomic E-state index is 12.8. The second-order valence-electron chi connectivity index (χ2n) is 3.94. The van der Waals surface area contributed by atoms with Gasteiger partial charge in [0.2, 0.25) is 0 Å². The summed E-state index contributed by atoms with van der Waals surface area (Å²) in [6, 6.07) is 0. The first-order valence-electron chi connectivity index (χ1n) is 4.65. The summed E-state index contributed by atoms with van der Waals surface area (Å²) < 4.78 is 38.3. The van der Waals surface area contributed by atoms with E-state index in [1.165, 1.54) is 6.92 Å². The molecule has 1 fully saturated rings. The number of hydrogen-bond donors (Lipinski definition) is 1. The molecule has 88 valence electrons. The minimum Gasteiger partial charge on any atom is -0.321 e. The van der Waals surface area contributed by atoms with E-state index in [2.05, 4.69) is 9.97 Å². The molecule has 7 heteroatoms. The predicted molar refractivity (Wildman–Crippen MR) is 51.9 cm³/mol. The Labute approximate surface area is 94.8 Å². The van der Waals surface area contributed by atoms with Crippen LogP contribution in [0, 0.1) is 6.92 Å². The Kier molecular flexibility index (Phi) is 2.40. The van der Waals surface area contributed by atoms with Crippen LogP contribution in [0.15, 0.2) is 0 Å². The fourth-order valence-corrected chi connectivity index (χ4v) is 1.97. The molecule has 1 aliphatic carbocycles. The third kappa shape index (κ3) is 1.87. The van der Waals surface area contributed by atoms with E-state index in [4.69, 9.17) is 17.3 Å². The molecule has 1 saturated carbocycles. The number of aryl methyl sites for hydroxylation is 1. The Morgan fingerprint density at radius 3 is 2.31 bits per heavy atom. The van der Waals surface area contributed by atoms with E-state index < -0.39 is 17.4 Å². The van der Waals surface area contributed by atoms with E-state index in [1.807, 2.05) is 0 Å². The maximum absolute atomic E-state index is 12.8. The molecular formula is C9H9ClF3N3. The molecule has 2 rings (SSSR count). The van der Waals surface area contributed by atoms with Gasteiger partial charge in [-0.15, -0.1) is 0 Å². The average molecular weight is 252 g/mol. The van der Waals surface area contributed by atoms with Gasteiger partial charge in [0, 0.05) is 11.1 Å². The van der Waals surface area contributed by atoms with Crippen LogP contribution in [0.2, 0.25) is 5.15 Å². The summed E-state index contributed by atoms with van der Waals surface area (Å²) in [5, 5.41) is -0.195. The highest BCUT2D eigenvalue weighted by Gasteiger charge is 2.49. The number of hydrogen-bond acceptors (Lipinski definition) is 3. The van der Waals surface area contributed by atoms with Crippen molar-refractivity contribution < 1.29 is 13.2 Å². The van der Waals surface area contributed by atoms with Crippen molar-refractivity contribution >= 4 is 11.6 Å². The van der Waals surface area contributed by atoms with E-state index in [-0.39, 0.29) is 16.5 Å². The zero-order valence-electron chi connectivity index (χ0n) is 8.40. The molecule has 0 atom stereocenters. The number of halogens is 4. The van der Waals surface area contributed by atoms with E-state index in [0.29, 0.717) is 12.8 Å². The van der Waals surface area contributed by atoms with E-state index in [9.17, 15) is 13.2 Å². The Hall–Kier alpha value is -0.880. The van der Waals surface area contributed by atoms with Gasteiger partial charge in [-0.2, -0.15) is 13.2 Å². The molecule has 0 amide bonds. The molecular weight excluding hydrogens is 243 g/mol. The Morgan fingerprint density at radius 1 is 1.31 bits per heavy atom. The summed E-state index contributed by atoms with van der Waals surface area (Å²) in [5.74, 6) is -0.00896. The highest BCUT2D eigenvalue weighted by Crippen LogP contribution is 2.49. The highest BCUT2D eigenvalue weighted by molar-refractivity contribution is 6.30. The minimum absolute atomic E-state index is 0.00896. The molecule has 2 N–H and O–H groups in total. The van der Waals surface area contributed by atoms with Crippen molar-refractivity contribution in [2.24, 2.45) is 5.73 Å². The van der Waals surface area contributed by atoms with Crippen LogP contribution in [-0.4, -0.2) is 9.97 Å². The third-order valence-electron chi connectivity index (χ3n) is 2.53. The molecule has 1 aliphatic rings. The van der Waals surface area contributed by atoms with E-state index in [1.54, 1.807) is 0 Å². The number of nitrogens with zero attached hydrogens (tertiary/aromatic N) is 2. The van der Waals surface area contributed by atoms with Crippen molar-refractivity contribution in [2.45, 2.75) is 31.5 Å². The van der Waals surface area contributed by atoms with Crippen molar-refractivity contribution in [2.75, 3.05) is 0 Å². The topological polar surface area (TPSA) is 51.8 Å². The van der Waals surface area contributed by atoms with Crippen LogP contribution in [0.1, 0.15) is 29.9 Å². The number of alkyl halides is 3. The predicted octanol–water partition coefficient (Wildman–Crippen LogP) is 2.41. The third-order valence-corrected chi connectivity index (χ3v) is 2.81. The first-order chi connectivity index (χ1) is 7.24. The molecule has 0 saturated heterocycles. The summed E-state index contributed by atoms with van der Waals surface area (Å²) in [5.41, 5.74) is 3.56. The van der Waals surface area contributed by atoms with Crippen LogP contribution in [0.4, 0.5) is 13.2 Å². The van der Waals surface area contributed by atoms with Gasteiger partial charge < -0.3 is 5.73 Å². The number of aromatic nitrogens is 2. The molecule has 0 unspecified atom stereocenters. The van der Waals surface area contributed by atoms with Gasteiger partial charge in [0.25, 0.3) is 0 Å². The van der Waals surface area contributed by atoms with Gasteiger partial charge in [0.05, 0.1) is 0 Å².